The fourth-order valence-electron chi connectivity index (χ4n) is 5.51. The monoisotopic (exact) mass is 394 g/mol. The summed E-state index contributed by atoms with van der Waals surface area (Å²) in [6.45, 7) is 2.28. The summed E-state index contributed by atoms with van der Waals surface area (Å²) >= 11 is 0. The zero-order valence-electron chi connectivity index (χ0n) is 16.1. The molecule has 2 bridgehead atoms. The standard InChI is InChI=1S/C19H22N8O2/c1-26-13(3-5-25-26)18(28)20-6-11-12-7-27(8-19(12)4-2-14(11)29-19)17-15-16(22-9-21-15)23-10-24-17/h3,5,9-12,14H,2,4,6-8H2,1H3,(H,20,28)(H,21,22,23,24)/t11-,12+,14+,19+/m0/s1. The maximum absolute atomic E-state index is 12.5. The van der Waals surface area contributed by atoms with E-state index in [1.165, 1.54) is 0 Å². The molecule has 29 heavy (non-hydrogen) atoms. The van der Waals surface area contributed by atoms with E-state index in [0.29, 0.717) is 29.7 Å². The van der Waals surface area contributed by atoms with E-state index in [1.54, 1.807) is 36.6 Å². The molecule has 4 atom stereocenters. The first-order valence-corrected chi connectivity index (χ1v) is 9.98. The predicted octanol–water partition coefficient (Wildman–Crippen LogP) is 0.500. The molecule has 3 aliphatic heterocycles. The first kappa shape index (κ1) is 16.9. The van der Waals surface area contributed by atoms with Gasteiger partial charge >= 0.3 is 0 Å². The summed E-state index contributed by atoms with van der Waals surface area (Å²) in [5.41, 5.74) is 1.96. The number of ether oxygens (including phenoxy) is 1. The molecule has 0 saturated carbocycles. The lowest BCUT2D eigenvalue weighted by atomic mass is 9.73. The first-order valence-electron chi connectivity index (χ1n) is 9.98. The molecule has 3 saturated heterocycles. The lowest BCUT2D eigenvalue weighted by Gasteiger charge is -2.29. The van der Waals surface area contributed by atoms with Crippen LogP contribution < -0.4 is 10.2 Å². The van der Waals surface area contributed by atoms with Gasteiger partial charge in [0.15, 0.2) is 11.5 Å². The van der Waals surface area contributed by atoms with Crippen LogP contribution in [-0.4, -0.2) is 67.0 Å². The highest BCUT2D eigenvalue weighted by Crippen LogP contribution is 2.55. The number of H-pyrrole nitrogens is 1. The van der Waals surface area contributed by atoms with Crippen molar-refractivity contribution in [2.24, 2.45) is 18.9 Å². The number of carbonyl (C=O) groups is 1. The van der Waals surface area contributed by atoms with Crippen molar-refractivity contribution in [3.8, 4) is 0 Å². The molecule has 6 rings (SSSR count). The van der Waals surface area contributed by atoms with Crippen molar-refractivity contribution in [3.05, 3.63) is 30.6 Å². The summed E-state index contributed by atoms with van der Waals surface area (Å²) in [7, 11) is 1.78. The van der Waals surface area contributed by atoms with Gasteiger partial charge in [-0.3, -0.25) is 9.48 Å². The third kappa shape index (κ3) is 2.41. The van der Waals surface area contributed by atoms with Crippen molar-refractivity contribution in [1.29, 1.82) is 0 Å². The number of anilines is 1. The van der Waals surface area contributed by atoms with E-state index in [0.717, 1.165) is 37.3 Å². The molecule has 0 radical (unpaired) electrons. The van der Waals surface area contributed by atoms with Crippen LogP contribution in [-0.2, 0) is 11.8 Å². The zero-order valence-corrected chi connectivity index (χ0v) is 16.1. The van der Waals surface area contributed by atoms with Crippen LogP contribution in [0.5, 0.6) is 0 Å². The van der Waals surface area contributed by atoms with E-state index in [2.05, 4.69) is 35.3 Å². The van der Waals surface area contributed by atoms with Gasteiger partial charge in [-0.2, -0.15) is 5.10 Å². The van der Waals surface area contributed by atoms with Gasteiger partial charge in [-0.15, -0.1) is 0 Å². The number of hydrogen-bond donors (Lipinski definition) is 2. The van der Waals surface area contributed by atoms with Crippen molar-refractivity contribution in [2.75, 3.05) is 24.5 Å². The summed E-state index contributed by atoms with van der Waals surface area (Å²) in [5.74, 6) is 1.44. The van der Waals surface area contributed by atoms with Crippen LogP contribution in [0, 0.1) is 11.8 Å². The van der Waals surface area contributed by atoms with Gasteiger partial charge in [-0.05, 0) is 18.9 Å². The molecule has 3 aromatic heterocycles. The quantitative estimate of drug-likeness (QED) is 0.662. The van der Waals surface area contributed by atoms with Gasteiger partial charge in [0, 0.05) is 44.7 Å². The SMILES string of the molecule is Cn1nccc1C(=O)NC[C@H]1[C@H]2CN(c3ncnc4nc[nH]c34)C[C@]23CC[C@H]1O3. The van der Waals surface area contributed by atoms with E-state index in [1.807, 2.05) is 0 Å². The summed E-state index contributed by atoms with van der Waals surface area (Å²) in [6, 6.07) is 1.73. The molecule has 0 aliphatic carbocycles. The first-order chi connectivity index (χ1) is 14.1. The molecule has 1 amide bonds. The second kappa shape index (κ2) is 5.99. The van der Waals surface area contributed by atoms with E-state index < -0.39 is 0 Å². The molecule has 2 N–H and O–H groups in total. The lowest BCUT2D eigenvalue weighted by Crippen LogP contribution is -2.42. The van der Waals surface area contributed by atoms with Crippen molar-refractivity contribution < 1.29 is 9.53 Å². The van der Waals surface area contributed by atoms with Crippen LogP contribution in [0.1, 0.15) is 23.3 Å². The molecule has 6 heterocycles. The second-order valence-electron chi connectivity index (χ2n) is 8.26. The highest BCUT2D eigenvalue weighted by atomic mass is 16.5. The minimum atomic E-state index is -0.149. The number of amides is 1. The van der Waals surface area contributed by atoms with Crippen molar-refractivity contribution in [3.63, 3.8) is 0 Å². The van der Waals surface area contributed by atoms with Crippen LogP contribution in [0.2, 0.25) is 0 Å². The van der Waals surface area contributed by atoms with E-state index >= 15 is 0 Å². The Hall–Kier alpha value is -3.01. The molecule has 3 fully saturated rings. The Kier molecular flexibility index (Phi) is 3.49. The molecule has 0 unspecified atom stereocenters. The number of rotatable bonds is 4. The highest BCUT2D eigenvalue weighted by Gasteiger charge is 2.63. The van der Waals surface area contributed by atoms with Crippen LogP contribution in [0.25, 0.3) is 11.2 Å². The molecule has 0 aromatic carbocycles. The van der Waals surface area contributed by atoms with Gasteiger partial charge in [-0.25, -0.2) is 15.0 Å². The number of aromatic nitrogens is 6. The van der Waals surface area contributed by atoms with Gasteiger partial charge in [0.2, 0.25) is 0 Å². The third-order valence-electron chi connectivity index (χ3n) is 6.84. The van der Waals surface area contributed by atoms with Crippen molar-refractivity contribution in [1.82, 2.24) is 35.0 Å². The second-order valence-corrected chi connectivity index (χ2v) is 8.26. The fraction of sp³-hybridized carbons (Fsp3) is 0.526. The van der Waals surface area contributed by atoms with Gasteiger partial charge in [-0.1, -0.05) is 0 Å². The molecule has 10 heteroatoms. The Morgan fingerprint density at radius 3 is 3.21 bits per heavy atom. The molecular formula is C19H22N8O2. The fourth-order valence-corrected chi connectivity index (χ4v) is 5.51. The average Bonchev–Trinajstić information content (AvgIpc) is 3.51. The maximum atomic E-state index is 12.5. The summed E-state index contributed by atoms with van der Waals surface area (Å²) < 4.78 is 8.10. The number of nitrogens with one attached hydrogen (secondary N) is 2. The van der Waals surface area contributed by atoms with Gasteiger partial charge < -0.3 is 19.9 Å². The van der Waals surface area contributed by atoms with E-state index in [9.17, 15) is 4.79 Å². The topological polar surface area (TPSA) is 114 Å². The largest absolute Gasteiger partial charge is 0.369 e. The molecule has 150 valence electrons. The summed E-state index contributed by atoms with van der Waals surface area (Å²) in [6.07, 6.45) is 7.16. The maximum Gasteiger partial charge on any atom is 0.269 e. The van der Waals surface area contributed by atoms with Gasteiger partial charge in [0.25, 0.3) is 5.91 Å². The molecule has 3 aliphatic rings. The zero-order chi connectivity index (χ0) is 19.6. The Morgan fingerprint density at radius 2 is 2.34 bits per heavy atom. The van der Waals surface area contributed by atoms with Crippen LogP contribution >= 0.6 is 0 Å². The minimum Gasteiger partial charge on any atom is -0.369 e. The summed E-state index contributed by atoms with van der Waals surface area (Å²) in [4.78, 5) is 31.0. The number of fused-ring (bicyclic) bond motifs is 2. The minimum absolute atomic E-state index is 0.0911. The number of imidazole rings is 1. The Morgan fingerprint density at radius 1 is 1.41 bits per heavy atom. The number of hydrogen-bond acceptors (Lipinski definition) is 7. The van der Waals surface area contributed by atoms with Crippen LogP contribution in [0.15, 0.2) is 24.9 Å². The number of aryl methyl sites for hydroxylation is 1. The third-order valence-corrected chi connectivity index (χ3v) is 6.84. The molecule has 1 spiro atoms. The number of nitrogens with zero attached hydrogens (tertiary/aromatic N) is 6. The normalized spacial score (nSPS) is 30.2. The van der Waals surface area contributed by atoms with E-state index in [-0.39, 0.29) is 17.6 Å². The Bertz CT molecular complexity index is 1090. The smallest absolute Gasteiger partial charge is 0.269 e. The Balaban J connectivity index is 1.23. The average molecular weight is 394 g/mol. The van der Waals surface area contributed by atoms with Gasteiger partial charge in [0.05, 0.1) is 18.0 Å². The van der Waals surface area contributed by atoms with Crippen molar-refractivity contribution >= 4 is 22.9 Å². The summed E-state index contributed by atoms with van der Waals surface area (Å²) in [5, 5.41) is 7.18. The molecule has 10 nitrogen and oxygen atoms in total. The number of aromatic amines is 1. The molecule has 3 aromatic rings. The van der Waals surface area contributed by atoms with Gasteiger partial charge in [0.1, 0.15) is 17.5 Å². The predicted molar refractivity (Wildman–Crippen MR) is 103 cm³/mol. The van der Waals surface area contributed by atoms with Crippen LogP contribution in [0.4, 0.5) is 5.82 Å². The van der Waals surface area contributed by atoms with Crippen molar-refractivity contribution in [2.45, 2.75) is 24.5 Å². The number of carbonyl (C=O) groups excluding carboxylic acids is 1. The lowest BCUT2D eigenvalue weighted by molar-refractivity contribution is 0.0141. The highest BCUT2D eigenvalue weighted by molar-refractivity contribution is 5.92. The van der Waals surface area contributed by atoms with Crippen LogP contribution in [0.3, 0.4) is 0 Å². The van der Waals surface area contributed by atoms with E-state index in [4.69, 9.17) is 4.74 Å². The Labute approximate surface area is 166 Å². The molecular weight excluding hydrogens is 372 g/mol.